The fraction of sp³-hybridized carbons (Fsp3) is 0.400. The highest BCUT2D eigenvalue weighted by Gasteiger charge is 2.43. The number of rotatable bonds is 3. The number of nitrogens with one attached hydrogen (secondary N) is 1. The van der Waals surface area contributed by atoms with Crippen molar-refractivity contribution in [2.75, 3.05) is 0 Å². The molecule has 2 N–H and O–H groups in total. The zero-order chi connectivity index (χ0) is 15.0. The molecule has 0 radical (unpaired) electrons. The number of aromatic nitrogens is 2. The van der Waals surface area contributed by atoms with E-state index >= 15 is 0 Å². The molecule has 0 aliphatic heterocycles. The molecular weight excluding hydrogens is 270 g/mol. The van der Waals surface area contributed by atoms with Crippen LogP contribution in [-0.4, -0.2) is 32.3 Å². The van der Waals surface area contributed by atoms with Crippen LogP contribution >= 0.6 is 0 Å². The predicted molar refractivity (Wildman–Crippen MR) is 77.0 cm³/mol. The van der Waals surface area contributed by atoms with E-state index in [9.17, 15) is 14.7 Å². The molecule has 6 heteroatoms. The number of amides is 1. The summed E-state index contributed by atoms with van der Waals surface area (Å²) in [4.78, 5) is 24.0. The first kappa shape index (κ1) is 13.6. The SMILES string of the molecule is Cn1nc(C(=O)NC2(C(=O)O)CCCC2)c2ccccc21. The summed E-state index contributed by atoms with van der Waals surface area (Å²) in [6.45, 7) is 0. The minimum atomic E-state index is -1.14. The number of carboxylic acids is 1. The van der Waals surface area contributed by atoms with Gasteiger partial charge in [0.2, 0.25) is 0 Å². The Labute approximate surface area is 121 Å². The van der Waals surface area contributed by atoms with Crippen LogP contribution in [0, 0.1) is 0 Å². The van der Waals surface area contributed by atoms with Gasteiger partial charge in [0.1, 0.15) is 5.54 Å². The second-order valence-corrected chi connectivity index (χ2v) is 5.54. The quantitative estimate of drug-likeness (QED) is 0.900. The van der Waals surface area contributed by atoms with E-state index in [1.165, 1.54) is 0 Å². The van der Waals surface area contributed by atoms with Crippen LogP contribution in [0.25, 0.3) is 10.9 Å². The molecule has 0 bridgehead atoms. The lowest BCUT2D eigenvalue weighted by molar-refractivity contribution is -0.144. The molecule has 1 amide bonds. The van der Waals surface area contributed by atoms with Crippen LogP contribution in [0.4, 0.5) is 0 Å². The topological polar surface area (TPSA) is 84.2 Å². The number of fused-ring (bicyclic) bond motifs is 1. The van der Waals surface area contributed by atoms with Crippen molar-refractivity contribution < 1.29 is 14.7 Å². The number of benzene rings is 1. The van der Waals surface area contributed by atoms with Crippen molar-refractivity contribution in [2.45, 2.75) is 31.2 Å². The van der Waals surface area contributed by atoms with E-state index in [-0.39, 0.29) is 5.69 Å². The number of hydrogen-bond donors (Lipinski definition) is 2. The Morgan fingerprint density at radius 3 is 2.62 bits per heavy atom. The van der Waals surface area contributed by atoms with Crippen molar-refractivity contribution in [1.82, 2.24) is 15.1 Å². The number of para-hydroxylation sites is 1. The largest absolute Gasteiger partial charge is 0.480 e. The Kier molecular flexibility index (Phi) is 3.16. The molecule has 1 heterocycles. The Bertz CT molecular complexity index is 714. The first-order chi connectivity index (χ1) is 10.0. The molecule has 0 spiro atoms. The van der Waals surface area contributed by atoms with Crippen LogP contribution in [0.15, 0.2) is 24.3 Å². The van der Waals surface area contributed by atoms with Gasteiger partial charge in [-0.05, 0) is 18.9 Å². The van der Waals surface area contributed by atoms with Gasteiger partial charge in [-0.3, -0.25) is 9.48 Å². The molecule has 1 aromatic heterocycles. The fourth-order valence-corrected chi connectivity index (χ4v) is 3.03. The Balaban J connectivity index is 1.96. The van der Waals surface area contributed by atoms with Gasteiger partial charge in [0.15, 0.2) is 5.69 Å². The first-order valence-corrected chi connectivity index (χ1v) is 7.01. The summed E-state index contributed by atoms with van der Waals surface area (Å²) < 4.78 is 1.63. The third kappa shape index (κ3) is 2.16. The second kappa shape index (κ2) is 4.87. The Morgan fingerprint density at radius 1 is 1.29 bits per heavy atom. The molecule has 110 valence electrons. The van der Waals surface area contributed by atoms with E-state index in [4.69, 9.17) is 0 Å². The van der Waals surface area contributed by atoms with Gasteiger partial charge in [-0.25, -0.2) is 4.79 Å². The summed E-state index contributed by atoms with van der Waals surface area (Å²) in [5, 5.41) is 17.1. The lowest BCUT2D eigenvalue weighted by Crippen LogP contribution is -2.52. The zero-order valence-electron chi connectivity index (χ0n) is 11.8. The number of carbonyl (C=O) groups excluding carboxylic acids is 1. The van der Waals surface area contributed by atoms with Crippen LogP contribution in [0.5, 0.6) is 0 Å². The molecule has 1 fully saturated rings. The van der Waals surface area contributed by atoms with Crippen molar-refractivity contribution in [2.24, 2.45) is 7.05 Å². The summed E-state index contributed by atoms with van der Waals surface area (Å²) >= 11 is 0. The van der Waals surface area contributed by atoms with Gasteiger partial charge in [-0.15, -0.1) is 0 Å². The molecule has 2 aromatic rings. The summed E-state index contributed by atoms with van der Waals surface area (Å²) in [6.07, 6.45) is 2.57. The maximum absolute atomic E-state index is 12.5. The predicted octanol–water partition coefficient (Wildman–Crippen LogP) is 1.70. The van der Waals surface area contributed by atoms with Gasteiger partial charge >= 0.3 is 5.97 Å². The number of nitrogens with zero attached hydrogens (tertiary/aromatic N) is 2. The monoisotopic (exact) mass is 287 g/mol. The molecule has 3 rings (SSSR count). The van der Waals surface area contributed by atoms with E-state index < -0.39 is 17.4 Å². The van der Waals surface area contributed by atoms with Crippen LogP contribution in [0.1, 0.15) is 36.2 Å². The lowest BCUT2D eigenvalue weighted by atomic mass is 9.97. The van der Waals surface area contributed by atoms with Crippen LogP contribution in [-0.2, 0) is 11.8 Å². The van der Waals surface area contributed by atoms with Crippen molar-refractivity contribution in [3.8, 4) is 0 Å². The zero-order valence-corrected chi connectivity index (χ0v) is 11.8. The van der Waals surface area contributed by atoms with Gasteiger partial charge in [0, 0.05) is 12.4 Å². The Morgan fingerprint density at radius 2 is 1.95 bits per heavy atom. The van der Waals surface area contributed by atoms with Gasteiger partial charge in [0.25, 0.3) is 5.91 Å². The van der Waals surface area contributed by atoms with Crippen molar-refractivity contribution in [1.29, 1.82) is 0 Å². The Hall–Kier alpha value is -2.37. The maximum atomic E-state index is 12.5. The third-order valence-electron chi connectivity index (χ3n) is 4.19. The normalized spacial score (nSPS) is 17.0. The smallest absolute Gasteiger partial charge is 0.329 e. The summed E-state index contributed by atoms with van der Waals surface area (Å²) in [6, 6.07) is 7.41. The minimum absolute atomic E-state index is 0.278. The third-order valence-corrected chi connectivity index (χ3v) is 4.19. The average molecular weight is 287 g/mol. The maximum Gasteiger partial charge on any atom is 0.329 e. The van der Waals surface area contributed by atoms with Crippen LogP contribution < -0.4 is 5.32 Å². The highest BCUT2D eigenvalue weighted by molar-refractivity contribution is 6.06. The van der Waals surface area contributed by atoms with E-state index in [1.54, 1.807) is 11.7 Å². The van der Waals surface area contributed by atoms with E-state index in [2.05, 4.69) is 10.4 Å². The molecule has 21 heavy (non-hydrogen) atoms. The van der Waals surface area contributed by atoms with Gasteiger partial charge in [-0.2, -0.15) is 5.10 Å². The van der Waals surface area contributed by atoms with E-state index in [0.29, 0.717) is 12.8 Å². The molecule has 0 atom stereocenters. The highest BCUT2D eigenvalue weighted by Crippen LogP contribution is 2.30. The highest BCUT2D eigenvalue weighted by atomic mass is 16.4. The van der Waals surface area contributed by atoms with E-state index in [1.807, 2.05) is 24.3 Å². The summed E-state index contributed by atoms with van der Waals surface area (Å²) in [5.41, 5.74) is -0.0190. The second-order valence-electron chi connectivity index (χ2n) is 5.54. The first-order valence-electron chi connectivity index (χ1n) is 7.01. The fourth-order valence-electron chi connectivity index (χ4n) is 3.03. The van der Waals surface area contributed by atoms with Crippen molar-refractivity contribution >= 4 is 22.8 Å². The average Bonchev–Trinajstić information content (AvgIpc) is 3.06. The number of carbonyl (C=O) groups is 2. The van der Waals surface area contributed by atoms with Crippen LogP contribution in [0.2, 0.25) is 0 Å². The van der Waals surface area contributed by atoms with Gasteiger partial charge in [-0.1, -0.05) is 31.0 Å². The van der Waals surface area contributed by atoms with E-state index in [0.717, 1.165) is 23.7 Å². The molecule has 1 aliphatic rings. The molecule has 6 nitrogen and oxygen atoms in total. The van der Waals surface area contributed by atoms with Gasteiger partial charge < -0.3 is 10.4 Å². The molecule has 1 aliphatic carbocycles. The number of aliphatic carboxylic acids is 1. The summed E-state index contributed by atoms with van der Waals surface area (Å²) in [7, 11) is 1.77. The van der Waals surface area contributed by atoms with Gasteiger partial charge in [0.05, 0.1) is 5.52 Å². The minimum Gasteiger partial charge on any atom is -0.480 e. The summed E-state index contributed by atoms with van der Waals surface area (Å²) in [5.74, 6) is -1.38. The standard InChI is InChI=1S/C15H17N3O3/c1-18-11-7-3-2-6-10(11)12(17-18)13(19)16-15(14(20)21)8-4-5-9-15/h2-3,6-7H,4-5,8-9H2,1H3,(H,16,19)(H,20,21). The molecule has 1 aromatic carbocycles. The van der Waals surface area contributed by atoms with Crippen LogP contribution in [0.3, 0.4) is 0 Å². The van der Waals surface area contributed by atoms with Crippen molar-refractivity contribution in [3.05, 3.63) is 30.0 Å². The molecule has 0 unspecified atom stereocenters. The number of aryl methyl sites for hydroxylation is 1. The number of carboxylic acid groups (broad SMARTS) is 1. The molecule has 1 saturated carbocycles. The molecule has 0 saturated heterocycles. The molecular formula is C15H17N3O3. The van der Waals surface area contributed by atoms with Crippen molar-refractivity contribution in [3.63, 3.8) is 0 Å². The lowest BCUT2D eigenvalue weighted by Gasteiger charge is -2.24. The number of hydrogen-bond acceptors (Lipinski definition) is 3.